The minimum Gasteiger partial charge on any atom is -0.341 e. The molecule has 2 aromatic rings. The Morgan fingerprint density at radius 3 is 2.71 bits per heavy atom. The molecule has 2 amide bonds. The first kappa shape index (κ1) is 18.6. The summed E-state index contributed by atoms with van der Waals surface area (Å²) in [6, 6.07) is 14.6. The maximum atomic E-state index is 13.5. The van der Waals surface area contributed by atoms with Gasteiger partial charge in [0.2, 0.25) is 11.8 Å². The summed E-state index contributed by atoms with van der Waals surface area (Å²) in [6.07, 6.45) is 1.01. The van der Waals surface area contributed by atoms with Gasteiger partial charge in [0, 0.05) is 44.8 Å². The molecule has 146 valence electrons. The number of amides is 2. The highest BCUT2D eigenvalue weighted by molar-refractivity contribution is 6.01. The Labute approximate surface area is 164 Å². The zero-order chi connectivity index (χ0) is 19.5. The summed E-state index contributed by atoms with van der Waals surface area (Å²) >= 11 is 0. The third-order valence-electron chi connectivity index (χ3n) is 5.50. The van der Waals surface area contributed by atoms with Crippen molar-refractivity contribution in [2.24, 2.45) is 0 Å². The molecule has 2 heterocycles. The standard InChI is InChI=1S/C22H24FN3O2/c23-17-7-8-18-19(14-21(27)24-20(18)13-17)22(28)26-10-4-9-25(11-12-26)15-16-5-2-1-3-6-16/h1-3,5-8,13,19H,4,9-12,14-15H2,(H,24,27). The Balaban J connectivity index is 1.45. The van der Waals surface area contributed by atoms with E-state index in [1.807, 2.05) is 23.1 Å². The molecule has 2 aromatic carbocycles. The number of carbonyl (C=O) groups is 2. The van der Waals surface area contributed by atoms with Crippen LogP contribution in [0.3, 0.4) is 0 Å². The zero-order valence-electron chi connectivity index (χ0n) is 15.7. The Kier molecular flexibility index (Phi) is 5.39. The molecule has 0 aromatic heterocycles. The molecule has 0 spiro atoms. The van der Waals surface area contributed by atoms with Crippen LogP contribution in [0.2, 0.25) is 0 Å². The predicted octanol–water partition coefficient (Wildman–Crippen LogP) is 2.99. The van der Waals surface area contributed by atoms with E-state index in [0.29, 0.717) is 24.3 Å². The summed E-state index contributed by atoms with van der Waals surface area (Å²) in [5, 5.41) is 2.68. The van der Waals surface area contributed by atoms with Crippen LogP contribution in [0.25, 0.3) is 0 Å². The fourth-order valence-corrected chi connectivity index (χ4v) is 4.07. The van der Waals surface area contributed by atoms with Gasteiger partial charge in [-0.15, -0.1) is 0 Å². The second kappa shape index (κ2) is 8.10. The topological polar surface area (TPSA) is 52.7 Å². The van der Waals surface area contributed by atoms with Crippen LogP contribution in [0.15, 0.2) is 48.5 Å². The van der Waals surface area contributed by atoms with Gasteiger partial charge < -0.3 is 10.2 Å². The lowest BCUT2D eigenvalue weighted by atomic mass is 9.89. The molecule has 1 saturated heterocycles. The maximum Gasteiger partial charge on any atom is 0.230 e. The first-order chi connectivity index (χ1) is 13.6. The van der Waals surface area contributed by atoms with Crippen LogP contribution in [0.5, 0.6) is 0 Å². The van der Waals surface area contributed by atoms with Gasteiger partial charge in [0.05, 0.1) is 5.92 Å². The third kappa shape index (κ3) is 4.07. The van der Waals surface area contributed by atoms with Crippen molar-refractivity contribution in [1.82, 2.24) is 9.80 Å². The number of nitrogens with one attached hydrogen (secondary N) is 1. The molecular weight excluding hydrogens is 357 g/mol. The van der Waals surface area contributed by atoms with E-state index in [4.69, 9.17) is 0 Å². The Hall–Kier alpha value is -2.73. The summed E-state index contributed by atoms with van der Waals surface area (Å²) in [7, 11) is 0. The van der Waals surface area contributed by atoms with Gasteiger partial charge in [0.25, 0.3) is 0 Å². The molecule has 6 heteroatoms. The van der Waals surface area contributed by atoms with Crippen molar-refractivity contribution in [2.75, 3.05) is 31.5 Å². The van der Waals surface area contributed by atoms with E-state index in [1.165, 1.54) is 17.7 Å². The molecule has 1 unspecified atom stereocenters. The summed E-state index contributed by atoms with van der Waals surface area (Å²) in [4.78, 5) is 29.5. The fraction of sp³-hybridized carbons (Fsp3) is 0.364. The highest BCUT2D eigenvalue weighted by atomic mass is 19.1. The summed E-state index contributed by atoms with van der Waals surface area (Å²) in [5.74, 6) is -1.23. The van der Waals surface area contributed by atoms with Crippen molar-refractivity contribution in [1.29, 1.82) is 0 Å². The van der Waals surface area contributed by atoms with Gasteiger partial charge in [-0.1, -0.05) is 36.4 Å². The number of hydrogen-bond acceptors (Lipinski definition) is 3. The van der Waals surface area contributed by atoms with Gasteiger partial charge in [-0.2, -0.15) is 0 Å². The second-order valence-corrected chi connectivity index (χ2v) is 7.48. The molecule has 28 heavy (non-hydrogen) atoms. The van der Waals surface area contributed by atoms with Gasteiger partial charge in [0.15, 0.2) is 0 Å². The van der Waals surface area contributed by atoms with E-state index < -0.39 is 11.7 Å². The molecule has 4 rings (SSSR count). The van der Waals surface area contributed by atoms with Crippen molar-refractivity contribution < 1.29 is 14.0 Å². The van der Waals surface area contributed by atoms with Gasteiger partial charge in [0.1, 0.15) is 5.82 Å². The molecular formula is C22H24FN3O2. The Morgan fingerprint density at radius 2 is 1.89 bits per heavy atom. The van der Waals surface area contributed by atoms with E-state index >= 15 is 0 Å². The van der Waals surface area contributed by atoms with Crippen LogP contribution in [-0.2, 0) is 16.1 Å². The number of anilines is 1. The highest BCUT2D eigenvalue weighted by Gasteiger charge is 2.34. The number of nitrogens with zero attached hydrogens (tertiary/aromatic N) is 2. The lowest BCUT2D eigenvalue weighted by Gasteiger charge is -2.30. The quantitative estimate of drug-likeness (QED) is 0.889. The minimum atomic E-state index is -0.537. The minimum absolute atomic E-state index is 0.0377. The fourth-order valence-electron chi connectivity index (χ4n) is 4.07. The van der Waals surface area contributed by atoms with Gasteiger partial charge in [-0.05, 0) is 29.7 Å². The van der Waals surface area contributed by atoms with E-state index in [-0.39, 0.29) is 18.2 Å². The van der Waals surface area contributed by atoms with Crippen LogP contribution < -0.4 is 5.32 Å². The molecule has 5 nitrogen and oxygen atoms in total. The Morgan fingerprint density at radius 1 is 1.07 bits per heavy atom. The summed E-state index contributed by atoms with van der Waals surface area (Å²) in [5.41, 5.74) is 2.38. The molecule has 2 aliphatic rings. The largest absolute Gasteiger partial charge is 0.341 e. The summed E-state index contributed by atoms with van der Waals surface area (Å²) < 4.78 is 13.5. The average Bonchev–Trinajstić information content (AvgIpc) is 2.93. The maximum absolute atomic E-state index is 13.5. The smallest absolute Gasteiger partial charge is 0.230 e. The van der Waals surface area contributed by atoms with Crippen LogP contribution >= 0.6 is 0 Å². The monoisotopic (exact) mass is 381 g/mol. The van der Waals surface area contributed by atoms with E-state index in [1.54, 1.807) is 6.07 Å². The van der Waals surface area contributed by atoms with Crippen molar-refractivity contribution in [3.8, 4) is 0 Å². The lowest BCUT2D eigenvalue weighted by molar-refractivity contribution is -0.134. The second-order valence-electron chi connectivity index (χ2n) is 7.48. The number of rotatable bonds is 3. The SMILES string of the molecule is O=C1CC(C(=O)N2CCCN(Cc3ccccc3)CC2)c2ccc(F)cc2N1. The van der Waals surface area contributed by atoms with Crippen LogP contribution in [0.4, 0.5) is 10.1 Å². The van der Waals surface area contributed by atoms with E-state index in [9.17, 15) is 14.0 Å². The van der Waals surface area contributed by atoms with Gasteiger partial charge in [-0.25, -0.2) is 4.39 Å². The average molecular weight is 381 g/mol. The lowest BCUT2D eigenvalue weighted by Crippen LogP contribution is -2.40. The molecule has 0 radical (unpaired) electrons. The van der Waals surface area contributed by atoms with Crippen LogP contribution in [0, 0.1) is 5.82 Å². The normalized spacial score (nSPS) is 20.2. The van der Waals surface area contributed by atoms with E-state index in [2.05, 4.69) is 22.3 Å². The molecule has 1 N–H and O–H groups in total. The molecule has 0 aliphatic carbocycles. The predicted molar refractivity (Wildman–Crippen MR) is 105 cm³/mol. The molecule has 0 bridgehead atoms. The van der Waals surface area contributed by atoms with Crippen molar-refractivity contribution in [2.45, 2.75) is 25.3 Å². The molecule has 2 aliphatic heterocycles. The third-order valence-corrected chi connectivity index (χ3v) is 5.50. The van der Waals surface area contributed by atoms with Crippen molar-refractivity contribution in [3.05, 3.63) is 65.5 Å². The van der Waals surface area contributed by atoms with Crippen molar-refractivity contribution in [3.63, 3.8) is 0 Å². The van der Waals surface area contributed by atoms with Gasteiger partial charge in [-0.3, -0.25) is 14.5 Å². The number of fused-ring (bicyclic) bond motifs is 1. The number of benzene rings is 2. The van der Waals surface area contributed by atoms with Crippen LogP contribution in [-0.4, -0.2) is 47.8 Å². The summed E-state index contributed by atoms with van der Waals surface area (Å²) in [6.45, 7) is 3.93. The Bertz CT molecular complexity index is 871. The van der Waals surface area contributed by atoms with Crippen molar-refractivity contribution >= 4 is 17.5 Å². The zero-order valence-corrected chi connectivity index (χ0v) is 15.7. The van der Waals surface area contributed by atoms with Gasteiger partial charge >= 0.3 is 0 Å². The number of carbonyl (C=O) groups excluding carboxylic acids is 2. The molecule has 1 fully saturated rings. The van der Waals surface area contributed by atoms with Crippen LogP contribution in [0.1, 0.15) is 29.9 Å². The first-order valence-electron chi connectivity index (χ1n) is 9.74. The molecule has 0 saturated carbocycles. The molecule has 1 atom stereocenters. The highest BCUT2D eigenvalue weighted by Crippen LogP contribution is 2.34. The first-order valence-corrected chi connectivity index (χ1v) is 9.74. The van der Waals surface area contributed by atoms with E-state index in [0.717, 1.165) is 26.1 Å². The number of halogens is 1. The number of hydrogen-bond donors (Lipinski definition) is 1.